The minimum atomic E-state index is -4.14. The van der Waals surface area contributed by atoms with Gasteiger partial charge in [0, 0.05) is 12.1 Å². The Balaban J connectivity index is 3.22. The van der Waals surface area contributed by atoms with Crippen molar-refractivity contribution in [2.75, 3.05) is 0 Å². The van der Waals surface area contributed by atoms with Crippen LogP contribution in [-0.2, 0) is 10.0 Å². The van der Waals surface area contributed by atoms with Gasteiger partial charge < -0.3 is 0 Å². The van der Waals surface area contributed by atoms with Gasteiger partial charge >= 0.3 is 5.69 Å². The highest BCUT2D eigenvalue weighted by molar-refractivity contribution is 7.89. The summed E-state index contributed by atoms with van der Waals surface area (Å²) in [6.45, 7) is 2.99. The fraction of sp³-hybridized carbons (Fsp3) is 0.364. The number of nitrogens with zero attached hydrogens (tertiary/aromatic N) is 2. The number of nitro groups is 1. The lowest BCUT2D eigenvalue weighted by Gasteiger charge is -2.20. The summed E-state index contributed by atoms with van der Waals surface area (Å²) in [6.07, 6.45) is 0.207. The molecule has 7 nitrogen and oxygen atoms in total. The van der Waals surface area contributed by atoms with Gasteiger partial charge in [-0.15, -0.1) is 0 Å². The van der Waals surface area contributed by atoms with Crippen LogP contribution in [-0.4, -0.2) is 18.9 Å². The second-order valence-electron chi connectivity index (χ2n) is 4.27. The highest BCUT2D eigenvalue weighted by Crippen LogP contribution is 2.22. The molecule has 0 amide bonds. The first-order valence-corrected chi connectivity index (χ1v) is 7.02. The van der Waals surface area contributed by atoms with Crippen molar-refractivity contribution in [2.24, 2.45) is 0 Å². The van der Waals surface area contributed by atoms with E-state index in [9.17, 15) is 22.9 Å². The molecule has 20 heavy (non-hydrogen) atoms. The van der Waals surface area contributed by atoms with Crippen LogP contribution in [0.2, 0.25) is 0 Å². The lowest BCUT2D eigenvalue weighted by Crippen LogP contribution is -2.44. The monoisotopic (exact) mass is 301 g/mol. The van der Waals surface area contributed by atoms with E-state index < -0.39 is 36.9 Å². The Labute approximate surface area is 115 Å². The van der Waals surface area contributed by atoms with Crippen LogP contribution in [0.4, 0.5) is 10.1 Å². The molecule has 0 heterocycles. The lowest BCUT2D eigenvalue weighted by molar-refractivity contribution is -0.387. The van der Waals surface area contributed by atoms with Crippen molar-refractivity contribution >= 4 is 15.7 Å². The van der Waals surface area contributed by atoms with Gasteiger partial charge in [-0.1, -0.05) is 6.92 Å². The minimum absolute atomic E-state index is 0.207. The first-order valence-electron chi connectivity index (χ1n) is 5.54. The molecular weight excluding hydrogens is 289 g/mol. The Morgan fingerprint density at radius 2 is 2.15 bits per heavy atom. The molecule has 1 rings (SSSR count). The molecule has 0 saturated carbocycles. The fourth-order valence-electron chi connectivity index (χ4n) is 1.33. The minimum Gasteiger partial charge on any atom is -0.258 e. The average Bonchev–Trinajstić information content (AvgIpc) is 2.37. The van der Waals surface area contributed by atoms with Gasteiger partial charge in [-0.25, -0.2) is 8.42 Å². The van der Waals surface area contributed by atoms with E-state index in [4.69, 9.17) is 5.26 Å². The third kappa shape index (κ3) is 3.28. The SMILES string of the molecule is CCC(C)(C#N)NS(=O)(=O)c1ccc([N+](=O)[O-])c(F)c1. The van der Waals surface area contributed by atoms with E-state index in [0.717, 1.165) is 12.1 Å². The Morgan fingerprint density at radius 3 is 2.55 bits per heavy atom. The van der Waals surface area contributed by atoms with Gasteiger partial charge in [0.15, 0.2) is 0 Å². The van der Waals surface area contributed by atoms with Crippen LogP contribution < -0.4 is 4.72 Å². The van der Waals surface area contributed by atoms with E-state index in [1.807, 2.05) is 0 Å². The molecule has 9 heteroatoms. The number of nitrogens with one attached hydrogen (secondary N) is 1. The van der Waals surface area contributed by atoms with Crippen LogP contribution in [0, 0.1) is 27.3 Å². The molecule has 0 radical (unpaired) electrons. The lowest BCUT2D eigenvalue weighted by atomic mass is 10.0. The highest BCUT2D eigenvalue weighted by Gasteiger charge is 2.30. The number of nitro benzene ring substituents is 1. The van der Waals surface area contributed by atoms with Gasteiger partial charge in [-0.3, -0.25) is 10.1 Å². The van der Waals surface area contributed by atoms with Crippen molar-refractivity contribution in [3.63, 3.8) is 0 Å². The zero-order valence-corrected chi connectivity index (χ0v) is 11.6. The average molecular weight is 301 g/mol. The third-order valence-corrected chi connectivity index (χ3v) is 4.33. The second kappa shape index (κ2) is 5.52. The Bertz CT molecular complexity index is 683. The molecular formula is C11H12FN3O4S. The fourth-order valence-corrected chi connectivity index (χ4v) is 2.74. The Morgan fingerprint density at radius 1 is 1.55 bits per heavy atom. The molecule has 0 spiro atoms. The Kier molecular flexibility index (Phi) is 4.42. The first-order chi connectivity index (χ1) is 9.15. The van der Waals surface area contributed by atoms with Crippen LogP contribution in [0.15, 0.2) is 23.1 Å². The second-order valence-corrected chi connectivity index (χ2v) is 5.96. The molecule has 0 aromatic heterocycles. The molecule has 1 N–H and O–H groups in total. The zero-order chi connectivity index (χ0) is 15.6. The number of benzene rings is 1. The molecule has 1 aromatic rings. The summed E-state index contributed by atoms with van der Waals surface area (Å²) in [7, 11) is -4.14. The number of hydrogen-bond acceptors (Lipinski definition) is 5. The van der Waals surface area contributed by atoms with Crippen molar-refractivity contribution in [1.29, 1.82) is 5.26 Å². The number of nitriles is 1. The van der Waals surface area contributed by atoms with E-state index in [0.29, 0.717) is 6.07 Å². The maximum Gasteiger partial charge on any atom is 0.304 e. The summed E-state index contributed by atoms with van der Waals surface area (Å²) in [6, 6.07) is 4.03. The maximum atomic E-state index is 13.4. The topological polar surface area (TPSA) is 113 Å². The van der Waals surface area contributed by atoms with Crippen molar-refractivity contribution in [3.8, 4) is 6.07 Å². The third-order valence-electron chi connectivity index (χ3n) is 2.74. The highest BCUT2D eigenvalue weighted by atomic mass is 32.2. The zero-order valence-electron chi connectivity index (χ0n) is 10.8. The maximum absolute atomic E-state index is 13.4. The molecule has 1 atom stereocenters. The molecule has 0 aliphatic carbocycles. The van der Waals surface area contributed by atoms with E-state index in [1.54, 1.807) is 13.0 Å². The molecule has 0 saturated heterocycles. The van der Waals surface area contributed by atoms with Crippen molar-refractivity contribution in [3.05, 3.63) is 34.1 Å². The van der Waals surface area contributed by atoms with E-state index in [-0.39, 0.29) is 6.42 Å². The predicted molar refractivity (Wildman–Crippen MR) is 67.7 cm³/mol. The first kappa shape index (κ1) is 16.0. The van der Waals surface area contributed by atoms with Gasteiger partial charge in [0.1, 0.15) is 5.54 Å². The number of halogens is 1. The summed E-state index contributed by atoms with van der Waals surface area (Å²) >= 11 is 0. The van der Waals surface area contributed by atoms with Crippen molar-refractivity contribution in [2.45, 2.75) is 30.7 Å². The van der Waals surface area contributed by atoms with Gasteiger partial charge in [-0.05, 0) is 19.4 Å². The summed E-state index contributed by atoms with van der Waals surface area (Å²) in [5.41, 5.74) is -2.15. The standard InChI is InChI=1S/C11H12FN3O4S/c1-3-11(2,7-13)14-20(18,19)8-4-5-10(15(16)17)9(12)6-8/h4-6,14H,3H2,1-2H3. The van der Waals surface area contributed by atoms with Crippen LogP contribution in [0.25, 0.3) is 0 Å². The molecule has 108 valence electrons. The Hall–Kier alpha value is -2.05. The number of sulfonamides is 1. The van der Waals surface area contributed by atoms with Gasteiger partial charge in [-0.2, -0.15) is 14.4 Å². The van der Waals surface area contributed by atoms with E-state index in [2.05, 4.69) is 4.72 Å². The molecule has 0 aliphatic heterocycles. The van der Waals surface area contributed by atoms with Crippen LogP contribution >= 0.6 is 0 Å². The normalized spacial score (nSPS) is 14.3. The summed E-state index contributed by atoms with van der Waals surface area (Å²) in [4.78, 5) is 9.03. The van der Waals surface area contributed by atoms with Crippen LogP contribution in [0.1, 0.15) is 20.3 Å². The van der Waals surface area contributed by atoms with Gasteiger partial charge in [0.2, 0.25) is 15.8 Å². The molecule has 0 bridgehead atoms. The van der Waals surface area contributed by atoms with Gasteiger partial charge in [0.25, 0.3) is 0 Å². The molecule has 1 unspecified atom stereocenters. The summed E-state index contributed by atoms with van der Waals surface area (Å²) < 4.78 is 39.6. The molecule has 1 aromatic carbocycles. The molecule has 0 aliphatic rings. The quantitative estimate of drug-likeness (QED) is 0.657. The predicted octanol–water partition coefficient (Wildman–Crippen LogP) is 1.70. The van der Waals surface area contributed by atoms with E-state index in [1.165, 1.54) is 6.92 Å². The van der Waals surface area contributed by atoms with Crippen LogP contribution in [0.5, 0.6) is 0 Å². The van der Waals surface area contributed by atoms with Crippen molar-refractivity contribution in [1.82, 2.24) is 4.72 Å². The summed E-state index contributed by atoms with van der Waals surface area (Å²) in [5, 5.41) is 19.4. The molecule has 0 fully saturated rings. The van der Waals surface area contributed by atoms with Crippen LogP contribution in [0.3, 0.4) is 0 Å². The van der Waals surface area contributed by atoms with E-state index >= 15 is 0 Å². The largest absolute Gasteiger partial charge is 0.304 e. The number of rotatable bonds is 5. The number of hydrogen-bond donors (Lipinski definition) is 1. The summed E-state index contributed by atoms with van der Waals surface area (Å²) in [5.74, 6) is -1.26. The van der Waals surface area contributed by atoms with Crippen molar-refractivity contribution < 1.29 is 17.7 Å². The smallest absolute Gasteiger partial charge is 0.258 e. The van der Waals surface area contributed by atoms with Gasteiger partial charge in [0.05, 0.1) is 15.9 Å².